The van der Waals surface area contributed by atoms with Crippen molar-refractivity contribution in [3.63, 3.8) is 0 Å². The van der Waals surface area contributed by atoms with Crippen molar-refractivity contribution in [1.29, 1.82) is 0 Å². The number of rotatable bonds is 9. The molecule has 1 aliphatic heterocycles. The van der Waals surface area contributed by atoms with E-state index in [2.05, 4.69) is 5.32 Å². The molecule has 28 heavy (non-hydrogen) atoms. The Morgan fingerprint density at radius 2 is 1.82 bits per heavy atom. The molecular formula is C19H29N3O5S. The van der Waals surface area contributed by atoms with Gasteiger partial charge in [0.25, 0.3) is 5.91 Å². The van der Waals surface area contributed by atoms with E-state index in [4.69, 9.17) is 4.74 Å². The normalized spacial score (nSPS) is 15.4. The summed E-state index contributed by atoms with van der Waals surface area (Å²) in [5.74, 6) is -0.378. The van der Waals surface area contributed by atoms with Crippen molar-refractivity contribution in [3.8, 4) is 0 Å². The minimum absolute atomic E-state index is 0.0461. The summed E-state index contributed by atoms with van der Waals surface area (Å²) in [6, 6.07) is 6.34. The van der Waals surface area contributed by atoms with Crippen LogP contribution >= 0.6 is 0 Å². The average Bonchev–Trinajstić information content (AvgIpc) is 2.71. The lowest BCUT2D eigenvalue weighted by atomic mass is 10.2. The van der Waals surface area contributed by atoms with E-state index in [1.165, 1.54) is 6.07 Å². The van der Waals surface area contributed by atoms with Crippen molar-refractivity contribution in [1.82, 2.24) is 15.1 Å². The second-order valence-corrected chi connectivity index (χ2v) is 8.91. The maximum atomic E-state index is 12.9. The highest BCUT2D eigenvalue weighted by Crippen LogP contribution is 2.19. The van der Waals surface area contributed by atoms with Crippen molar-refractivity contribution in [2.24, 2.45) is 0 Å². The highest BCUT2D eigenvalue weighted by Gasteiger charge is 2.27. The van der Waals surface area contributed by atoms with Crippen molar-refractivity contribution < 1.29 is 22.7 Å². The smallest absolute Gasteiger partial charge is 0.255 e. The predicted molar refractivity (Wildman–Crippen MR) is 106 cm³/mol. The minimum atomic E-state index is -3.47. The molecule has 8 nitrogen and oxygen atoms in total. The molecule has 0 aliphatic carbocycles. The monoisotopic (exact) mass is 411 g/mol. The zero-order chi connectivity index (χ0) is 20.6. The lowest BCUT2D eigenvalue weighted by Gasteiger charge is -2.34. The fourth-order valence-corrected chi connectivity index (χ4v) is 4.14. The number of benzene rings is 1. The third-order valence-electron chi connectivity index (χ3n) is 4.71. The van der Waals surface area contributed by atoms with E-state index in [-0.39, 0.29) is 34.6 Å². The van der Waals surface area contributed by atoms with Gasteiger partial charge >= 0.3 is 0 Å². The van der Waals surface area contributed by atoms with E-state index in [0.29, 0.717) is 39.3 Å². The molecule has 1 aromatic rings. The summed E-state index contributed by atoms with van der Waals surface area (Å²) in [6.45, 7) is 5.09. The molecule has 0 aromatic heterocycles. The number of hydrogen-bond donors (Lipinski definition) is 1. The molecule has 1 saturated heterocycles. The lowest BCUT2D eigenvalue weighted by Crippen LogP contribution is -2.51. The van der Waals surface area contributed by atoms with Gasteiger partial charge in [0.2, 0.25) is 5.91 Å². The van der Waals surface area contributed by atoms with Gasteiger partial charge in [0, 0.05) is 46.4 Å². The summed E-state index contributed by atoms with van der Waals surface area (Å²) in [4.78, 5) is 28.5. The molecule has 0 bridgehead atoms. The first-order chi connectivity index (χ1) is 13.4. The van der Waals surface area contributed by atoms with Gasteiger partial charge in [-0.1, -0.05) is 19.1 Å². The Kier molecular flexibility index (Phi) is 8.40. The quantitative estimate of drug-likeness (QED) is 0.591. The van der Waals surface area contributed by atoms with Crippen molar-refractivity contribution in [3.05, 3.63) is 29.8 Å². The third-order valence-corrected chi connectivity index (χ3v) is 6.49. The molecule has 0 saturated carbocycles. The fourth-order valence-electron chi connectivity index (χ4n) is 3.05. The van der Waals surface area contributed by atoms with Gasteiger partial charge in [-0.15, -0.1) is 0 Å². The molecule has 1 aromatic carbocycles. The fraction of sp³-hybridized carbons (Fsp3) is 0.579. The van der Waals surface area contributed by atoms with Crippen LogP contribution in [0.3, 0.4) is 0 Å². The topological polar surface area (TPSA) is 96.0 Å². The predicted octanol–water partition coefficient (Wildman–Crippen LogP) is 0.391. The largest absolute Gasteiger partial charge is 0.385 e. The number of nitrogens with zero attached hydrogens (tertiary/aromatic N) is 2. The summed E-state index contributed by atoms with van der Waals surface area (Å²) in [6.07, 6.45) is 0.768. The number of sulfone groups is 1. The summed E-state index contributed by atoms with van der Waals surface area (Å²) in [5, 5.41) is 2.85. The van der Waals surface area contributed by atoms with Gasteiger partial charge in [-0.2, -0.15) is 0 Å². The molecule has 1 aliphatic rings. The van der Waals surface area contributed by atoms with Crippen LogP contribution in [0.15, 0.2) is 29.2 Å². The van der Waals surface area contributed by atoms with Crippen LogP contribution in [0, 0.1) is 0 Å². The minimum Gasteiger partial charge on any atom is -0.385 e. The molecule has 156 valence electrons. The van der Waals surface area contributed by atoms with E-state index >= 15 is 0 Å². The summed E-state index contributed by atoms with van der Waals surface area (Å²) < 4.78 is 29.5. The van der Waals surface area contributed by atoms with Crippen LogP contribution in [0.2, 0.25) is 0 Å². The van der Waals surface area contributed by atoms with Gasteiger partial charge in [0.1, 0.15) is 0 Å². The summed E-state index contributed by atoms with van der Waals surface area (Å²) in [5.41, 5.74) is 0.216. The first kappa shape index (κ1) is 22.3. The number of ether oxygens (including phenoxy) is 1. The molecule has 0 unspecified atom stereocenters. The van der Waals surface area contributed by atoms with Crippen LogP contribution in [0.4, 0.5) is 0 Å². The molecule has 0 atom stereocenters. The maximum Gasteiger partial charge on any atom is 0.255 e. The molecule has 2 rings (SSSR count). The zero-order valence-electron chi connectivity index (χ0n) is 16.5. The van der Waals surface area contributed by atoms with Crippen LogP contribution in [-0.4, -0.2) is 88.8 Å². The highest BCUT2D eigenvalue weighted by atomic mass is 32.2. The maximum absolute atomic E-state index is 12.9. The first-order valence-corrected chi connectivity index (χ1v) is 11.1. The van der Waals surface area contributed by atoms with Gasteiger partial charge in [0.05, 0.1) is 22.8 Å². The van der Waals surface area contributed by atoms with E-state index < -0.39 is 9.84 Å². The van der Waals surface area contributed by atoms with Crippen molar-refractivity contribution in [2.75, 3.05) is 58.7 Å². The number of methoxy groups -OCH3 is 1. The number of amides is 2. The van der Waals surface area contributed by atoms with E-state index in [1.807, 2.05) is 4.90 Å². The van der Waals surface area contributed by atoms with Gasteiger partial charge in [-0.3, -0.25) is 14.5 Å². The SMILES string of the molecule is CCS(=O)(=O)c1ccccc1C(=O)N1CCN(CC(=O)NCCCOC)CC1. The number of nitrogens with one attached hydrogen (secondary N) is 1. The van der Waals surface area contributed by atoms with Crippen molar-refractivity contribution in [2.45, 2.75) is 18.2 Å². The van der Waals surface area contributed by atoms with Crippen molar-refractivity contribution >= 4 is 21.7 Å². The summed E-state index contributed by atoms with van der Waals surface area (Å²) >= 11 is 0. The molecule has 1 fully saturated rings. The van der Waals surface area contributed by atoms with Crippen LogP contribution in [0.25, 0.3) is 0 Å². The van der Waals surface area contributed by atoms with Gasteiger partial charge in [-0.05, 0) is 18.6 Å². The number of piperazine rings is 1. The van der Waals surface area contributed by atoms with Crippen LogP contribution in [0.1, 0.15) is 23.7 Å². The Morgan fingerprint density at radius 1 is 1.14 bits per heavy atom. The standard InChI is InChI=1S/C19H29N3O5S/c1-3-28(25,26)17-8-5-4-7-16(17)19(24)22-12-10-21(11-13-22)15-18(23)20-9-6-14-27-2/h4-5,7-8H,3,6,9-15H2,1-2H3,(H,20,23). The molecule has 9 heteroatoms. The van der Waals surface area contributed by atoms with Gasteiger partial charge in [-0.25, -0.2) is 8.42 Å². The van der Waals surface area contributed by atoms with Crippen LogP contribution < -0.4 is 5.32 Å². The first-order valence-electron chi connectivity index (χ1n) is 9.48. The zero-order valence-corrected chi connectivity index (χ0v) is 17.3. The highest BCUT2D eigenvalue weighted by molar-refractivity contribution is 7.91. The Hall–Kier alpha value is -1.97. The third kappa shape index (κ3) is 6.02. The van der Waals surface area contributed by atoms with Crippen LogP contribution in [0.5, 0.6) is 0 Å². The molecule has 1 heterocycles. The van der Waals surface area contributed by atoms with Gasteiger partial charge in [0.15, 0.2) is 9.84 Å². The Bertz CT molecular complexity index is 774. The van der Waals surface area contributed by atoms with E-state index in [0.717, 1.165) is 6.42 Å². The molecule has 1 N–H and O–H groups in total. The molecule has 2 amide bonds. The molecule has 0 spiro atoms. The number of carbonyl (C=O) groups is 2. The van der Waals surface area contributed by atoms with E-state index in [9.17, 15) is 18.0 Å². The summed E-state index contributed by atoms with van der Waals surface area (Å²) in [7, 11) is -1.85. The Balaban J connectivity index is 1.90. The average molecular weight is 412 g/mol. The molecular weight excluding hydrogens is 382 g/mol. The Morgan fingerprint density at radius 3 is 2.46 bits per heavy atom. The van der Waals surface area contributed by atoms with Crippen LogP contribution in [-0.2, 0) is 19.4 Å². The van der Waals surface area contributed by atoms with E-state index in [1.54, 1.807) is 37.1 Å². The Labute approximate surface area is 166 Å². The number of carbonyl (C=O) groups excluding carboxylic acids is 2. The molecule has 0 radical (unpaired) electrons. The second kappa shape index (κ2) is 10.5. The lowest BCUT2D eigenvalue weighted by molar-refractivity contribution is -0.122. The van der Waals surface area contributed by atoms with Gasteiger partial charge < -0.3 is 15.0 Å². The number of hydrogen-bond acceptors (Lipinski definition) is 6. The second-order valence-electron chi connectivity index (χ2n) is 6.66.